The second kappa shape index (κ2) is 4.94. The SMILES string of the molecule is NCc1ccc(-c2nc(-c3ccc(Br)cn3)no2)o1. The Morgan fingerprint density at radius 3 is 2.79 bits per heavy atom. The molecule has 7 heteroatoms. The van der Waals surface area contributed by atoms with Gasteiger partial charge < -0.3 is 14.7 Å². The van der Waals surface area contributed by atoms with Crippen molar-refractivity contribution in [3.05, 3.63) is 40.7 Å². The molecule has 6 nitrogen and oxygen atoms in total. The number of rotatable bonds is 3. The molecule has 0 amide bonds. The lowest BCUT2D eigenvalue weighted by molar-refractivity contribution is 0.412. The van der Waals surface area contributed by atoms with Crippen molar-refractivity contribution in [2.75, 3.05) is 0 Å². The van der Waals surface area contributed by atoms with Gasteiger partial charge in [-0.1, -0.05) is 5.16 Å². The van der Waals surface area contributed by atoms with Gasteiger partial charge in [-0.3, -0.25) is 4.98 Å². The van der Waals surface area contributed by atoms with E-state index in [2.05, 4.69) is 31.1 Å². The Labute approximate surface area is 116 Å². The van der Waals surface area contributed by atoms with E-state index in [9.17, 15) is 0 Å². The molecule has 0 saturated carbocycles. The van der Waals surface area contributed by atoms with Crippen molar-refractivity contribution < 1.29 is 8.94 Å². The van der Waals surface area contributed by atoms with Crippen molar-refractivity contribution in [1.82, 2.24) is 15.1 Å². The molecular formula is C12H9BrN4O2. The Balaban J connectivity index is 1.92. The number of hydrogen-bond donors (Lipinski definition) is 1. The van der Waals surface area contributed by atoms with Crippen LogP contribution in [0.1, 0.15) is 5.76 Å². The summed E-state index contributed by atoms with van der Waals surface area (Å²) >= 11 is 3.32. The van der Waals surface area contributed by atoms with Crippen LogP contribution in [0.4, 0.5) is 0 Å². The van der Waals surface area contributed by atoms with Crippen LogP contribution in [0.2, 0.25) is 0 Å². The summed E-state index contributed by atoms with van der Waals surface area (Å²) in [5.74, 6) is 1.88. The smallest absolute Gasteiger partial charge is 0.293 e. The summed E-state index contributed by atoms with van der Waals surface area (Å²) < 4.78 is 11.5. The fourth-order valence-corrected chi connectivity index (χ4v) is 1.77. The van der Waals surface area contributed by atoms with E-state index < -0.39 is 0 Å². The van der Waals surface area contributed by atoms with Crippen LogP contribution in [0.15, 0.2) is 43.9 Å². The first kappa shape index (κ1) is 12.1. The molecular weight excluding hydrogens is 312 g/mol. The van der Waals surface area contributed by atoms with Gasteiger partial charge in [0.15, 0.2) is 5.76 Å². The van der Waals surface area contributed by atoms with Gasteiger partial charge in [0.1, 0.15) is 11.5 Å². The molecule has 0 bridgehead atoms. The van der Waals surface area contributed by atoms with Gasteiger partial charge in [0.05, 0.1) is 6.54 Å². The fourth-order valence-electron chi connectivity index (χ4n) is 1.54. The van der Waals surface area contributed by atoms with E-state index in [-0.39, 0.29) is 0 Å². The molecule has 0 saturated heterocycles. The minimum Gasteiger partial charge on any atom is -0.455 e. The van der Waals surface area contributed by atoms with Crippen LogP contribution in [0.3, 0.4) is 0 Å². The molecule has 0 aromatic carbocycles. The molecule has 96 valence electrons. The second-order valence-electron chi connectivity index (χ2n) is 3.75. The summed E-state index contributed by atoms with van der Waals surface area (Å²) in [4.78, 5) is 8.43. The van der Waals surface area contributed by atoms with Gasteiger partial charge in [-0.05, 0) is 40.2 Å². The standard InChI is InChI=1S/C12H9BrN4O2/c13-7-1-3-9(15-6-7)11-16-12(19-17-11)10-4-2-8(5-14)18-10/h1-4,6H,5,14H2. The van der Waals surface area contributed by atoms with E-state index in [4.69, 9.17) is 14.7 Å². The maximum absolute atomic E-state index is 5.48. The molecule has 0 unspecified atom stereocenters. The summed E-state index contributed by atoms with van der Waals surface area (Å²) in [5, 5.41) is 3.87. The van der Waals surface area contributed by atoms with Crippen molar-refractivity contribution in [2.24, 2.45) is 5.73 Å². The summed E-state index contributed by atoms with van der Waals surface area (Å²) in [7, 11) is 0. The molecule has 3 heterocycles. The van der Waals surface area contributed by atoms with E-state index in [0.717, 1.165) is 4.47 Å². The first-order chi connectivity index (χ1) is 9.26. The van der Waals surface area contributed by atoms with Crippen LogP contribution in [-0.2, 0) is 6.54 Å². The first-order valence-electron chi connectivity index (χ1n) is 5.51. The Kier molecular flexibility index (Phi) is 3.14. The van der Waals surface area contributed by atoms with Crippen LogP contribution >= 0.6 is 15.9 Å². The first-order valence-corrected chi connectivity index (χ1v) is 6.30. The van der Waals surface area contributed by atoms with Crippen LogP contribution < -0.4 is 5.73 Å². The lowest BCUT2D eigenvalue weighted by Gasteiger charge is -1.92. The predicted molar refractivity (Wildman–Crippen MR) is 70.8 cm³/mol. The van der Waals surface area contributed by atoms with E-state index in [1.807, 2.05) is 6.07 Å². The van der Waals surface area contributed by atoms with Gasteiger partial charge in [-0.25, -0.2) is 0 Å². The average molecular weight is 321 g/mol. The molecule has 3 rings (SSSR count). The van der Waals surface area contributed by atoms with Crippen LogP contribution in [0.5, 0.6) is 0 Å². The normalized spacial score (nSPS) is 10.8. The van der Waals surface area contributed by atoms with Crippen molar-refractivity contribution in [1.29, 1.82) is 0 Å². The number of halogens is 1. The highest BCUT2D eigenvalue weighted by molar-refractivity contribution is 9.10. The van der Waals surface area contributed by atoms with Crippen molar-refractivity contribution in [3.8, 4) is 23.2 Å². The Morgan fingerprint density at radius 1 is 1.21 bits per heavy atom. The third-order valence-electron chi connectivity index (χ3n) is 2.46. The molecule has 0 aliphatic rings. The molecule has 0 aliphatic carbocycles. The van der Waals surface area contributed by atoms with E-state index in [1.165, 1.54) is 0 Å². The van der Waals surface area contributed by atoms with E-state index >= 15 is 0 Å². The molecule has 0 radical (unpaired) electrons. The van der Waals surface area contributed by atoms with Crippen molar-refractivity contribution >= 4 is 15.9 Å². The number of furan rings is 1. The van der Waals surface area contributed by atoms with Gasteiger partial charge in [-0.15, -0.1) is 0 Å². The number of pyridine rings is 1. The lowest BCUT2D eigenvalue weighted by atomic mass is 10.3. The highest BCUT2D eigenvalue weighted by atomic mass is 79.9. The molecule has 19 heavy (non-hydrogen) atoms. The molecule has 3 aromatic rings. The molecule has 0 fully saturated rings. The quantitative estimate of drug-likeness (QED) is 0.797. The highest BCUT2D eigenvalue weighted by Crippen LogP contribution is 2.23. The highest BCUT2D eigenvalue weighted by Gasteiger charge is 2.14. The van der Waals surface area contributed by atoms with E-state index in [1.54, 1.807) is 24.4 Å². The molecule has 2 N–H and O–H groups in total. The van der Waals surface area contributed by atoms with Crippen LogP contribution in [-0.4, -0.2) is 15.1 Å². The topological polar surface area (TPSA) is 91.0 Å². The zero-order chi connectivity index (χ0) is 13.2. The molecule has 0 atom stereocenters. The third-order valence-corrected chi connectivity index (χ3v) is 2.93. The number of aromatic nitrogens is 3. The Bertz CT molecular complexity index is 690. The minimum atomic E-state index is 0.305. The predicted octanol–water partition coefficient (Wildman–Crippen LogP) is 2.61. The number of hydrogen-bond acceptors (Lipinski definition) is 6. The summed E-state index contributed by atoms with van der Waals surface area (Å²) in [6.07, 6.45) is 1.67. The van der Waals surface area contributed by atoms with Gasteiger partial charge in [0.2, 0.25) is 5.82 Å². The lowest BCUT2D eigenvalue weighted by Crippen LogP contribution is -1.92. The minimum absolute atomic E-state index is 0.305. The van der Waals surface area contributed by atoms with Crippen molar-refractivity contribution in [3.63, 3.8) is 0 Å². The molecule has 3 aromatic heterocycles. The monoisotopic (exact) mass is 320 g/mol. The van der Waals surface area contributed by atoms with Gasteiger partial charge in [0, 0.05) is 10.7 Å². The zero-order valence-corrected chi connectivity index (χ0v) is 11.3. The second-order valence-corrected chi connectivity index (χ2v) is 4.67. The Hall–Kier alpha value is -1.99. The van der Waals surface area contributed by atoms with E-state index in [0.29, 0.717) is 35.5 Å². The van der Waals surface area contributed by atoms with Gasteiger partial charge in [0.25, 0.3) is 5.89 Å². The van der Waals surface area contributed by atoms with Gasteiger partial charge in [-0.2, -0.15) is 4.98 Å². The van der Waals surface area contributed by atoms with Crippen LogP contribution in [0, 0.1) is 0 Å². The van der Waals surface area contributed by atoms with Crippen molar-refractivity contribution in [2.45, 2.75) is 6.54 Å². The maximum Gasteiger partial charge on any atom is 0.293 e. The zero-order valence-electron chi connectivity index (χ0n) is 9.71. The number of nitrogens with two attached hydrogens (primary N) is 1. The fraction of sp³-hybridized carbons (Fsp3) is 0.0833. The maximum atomic E-state index is 5.48. The Morgan fingerprint density at radius 2 is 2.11 bits per heavy atom. The third kappa shape index (κ3) is 2.42. The summed E-state index contributed by atoms with van der Waals surface area (Å²) in [6, 6.07) is 7.18. The summed E-state index contributed by atoms with van der Waals surface area (Å²) in [5.41, 5.74) is 6.11. The average Bonchev–Trinajstić information content (AvgIpc) is 3.08. The molecule has 0 spiro atoms. The molecule has 0 aliphatic heterocycles. The van der Waals surface area contributed by atoms with Crippen LogP contribution in [0.25, 0.3) is 23.2 Å². The van der Waals surface area contributed by atoms with Gasteiger partial charge >= 0.3 is 0 Å². The number of nitrogens with zero attached hydrogens (tertiary/aromatic N) is 3. The largest absolute Gasteiger partial charge is 0.455 e. The summed E-state index contributed by atoms with van der Waals surface area (Å²) in [6.45, 7) is 0.329.